The molecule has 1 heterocycles. The Morgan fingerprint density at radius 1 is 0.971 bits per heavy atom. The normalized spacial score (nSPS) is 11.7. The van der Waals surface area contributed by atoms with Gasteiger partial charge in [0.2, 0.25) is 15.9 Å². The maximum absolute atomic E-state index is 13.1. The Bertz CT molecular complexity index is 1210. The lowest BCUT2D eigenvalue weighted by atomic mass is 10.1. The number of sulfonamides is 1. The molecule has 1 amide bonds. The highest BCUT2D eigenvalue weighted by Gasteiger charge is 2.24. The zero-order chi connectivity index (χ0) is 24.7. The number of rotatable bonds is 11. The van der Waals surface area contributed by atoms with Crippen LogP contribution < -0.4 is 5.32 Å². The average Bonchev–Trinajstić information content (AvgIpc) is 3.27. The minimum atomic E-state index is -3.62. The molecule has 3 rings (SSSR count). The Kier molecular flexibility index (Phi) is 8.57. The number of nitrogens with one attached hydrogen (secondary N) is 1. The van der Waals surface area contributed by atoms with Crippen molar-refractivity contribution in [2.45, 2.75) is 58.3 Å². The van der Waals surface area contributed by atoms with Gasteiger partial charge in [-0.3, -0.25) is 10.1 Å². The van der Waals surface area contributed by atoms with Crippen molar-refractivity contribution in [3.05, 3.63) is 59.2 Å². The van der Waals surface area contributed by atoms with Gasteiger partial charge in [-0.15, -0.1) is 5.10 Å². The number of aromatic nitrogens is 2. The summed E-state index contributed by atoms with van der Waals surface area (Å²) in [6.07, 6.45) is 3.44. The average molecular weight is 485 g/mol. The summed E-state index contributed by atoms with van der Waals surface area (Å²) in [5, 5.41) is 10.5. The highest BCUT2D eigenvalue weighted by atomic mass is 32.2. The maximum Gasteiger partial charge on any atom is 0.322 e. The topological polar surface area (TPSA) is 105 Å². The predicted molar refractivity (Wildman–Crippen MR) is 132 cm³/mol. The number of anilines is 1. The monoisotopic (exact) mass is 484 g/mol. The fourth-order valence-electron chi connectivity index (χ4n) is 3.55. The van der Waals surface area contributed by atoms with Gasteiger partial charge in [-0.05, 0) is 62.6 Å². The maximum atomic E-state index is 13.1. The number of benzene rings is 2. The van der Waals surface area contributed by atoms with Crippen LogP contribution in [0.4, 0.5) is 6.01 Å². The first-order chi connectivity index (χ1) is 16.3. The summed E-state index contributed by atoms with van der Waals surface area (Å²) in [5.41, 5.74) is 3.20. The molecule has 182 valence electrons. The molecule has 0 aliphatic heterocycles. The number of amides is 1. The largest absolute Gasteiger partial charge is 0.403 e. The highest BCUT2D eigenvalue weighted by molar-refractivity contribution is 7.89. The Morgan fingerprint density at radius 3 is 2.21 bits per heavy atom. The van der Waals surface area contributed by atoms with Crippen molar-refractivity contribution in [3.8, 4) is 11.5 Å². The van der Waals surface area contributed by atoms with Gasteiger partial charge in [0.1, 0.15) is 0 Å². The van der Waals surface area contributed by atoms with Crippen LogP contribution in [0.1, 0.15) is 61.0 Å². The van der Waals surface area contributed by atoms with Crippen LogP contribution in [0.5, 0.6) is 0 Å². The van der Waals surface area contributed by atoms with Crippen LogP contribution in [0, 0.1) is 13.8 Å². The lowest BCUT2D eigenvalue weighted by Gasteiger charge is -2.22. The molecular formula is C25H32N4O4S. The molecule has 0 unspecified atom stereocenters. The molecule has 0 spiro atoms. The van der Waals surface area contributed by atoms with E-state index in [0.29, 0.717) is 24.5 Å². The summed E-state index contributed by atoms with van der Waals surface area (Å²) < 4.78 is 33.3. The fraction of sp³-hybridized carbons (Fsp3) is 0.400. The SMILES string of the molecule is CCCCN(CCCC)S(=O)(=O)c1ccc(C(=O)Nc2nnc(-c3ccc(C)cc3C)o2)cc1. The first kappa shape index (κ1) is 25.6. The van der Waals surface area contributed by atoms with Gasteiger partial charge < -0.3 is 4.42 Å². The molecule has 0 aliphatic carbocycles. The van der Waals surface area contributed by atoms with Crippen molar-refractivity contribution in [2.75, 3.05) is 18.4 Å². The van der Waals surface area contributed by atoms with Crippen molar-refractivity contribution in [1.82, 2.24) is 14.5 Å². The summed E-state index contributed by atoms with van der Waals surface area (Å²) in [5.74, 6) is -0.151. The zero-order valence-electron chi connectivity index (χ0n) is 20.2. The Balaban J connectivity index is 1.72. The number of hydrogen-bond donors (Lipinski definition) is 1. The third-order valence-corrected chi connectivity index (χ3v) is 7.45. The number of nitrogens with zero attached hydrogens (tertiary/aromatic N) is 3. The van der Waals surface area contributed by atoms with Gasteiger partial charge in [0, 0.05) is 24.2 Å². The second-order valence-electron chi connectivity index (χ2n) is 8.32. The second-order valence-corrected chi connectivity index (χ2v) is 10.3. The Hall–Kier alpha value is -3.04. The summed E-state index contributed by atoms with van der Waals surface area (Å²) >= 11 is 0. The van der Waals surface area contributed by atoms with Crippen LogP contribution in [0.3, 0.4) is 0 Å². The second kappa shape index (κ2) is 11.4. The van der Waals surface area contributed by atoms with Crippen molar-refractivity contribution < 1.29 is 17.6 Å². The Morgan fingerprint density at radius 2 is 1.62 bits per heavy atom. The van der Waals surface area contributed by atoms with Crippen molar-refractivity contribution in [1.29, 1.82) is 0 Å². The summed E-state index contributed by atoms with van der Waals surface area (Å²) in [7, 11) is -3.62. The fourth-order valence-corrected chi connectivity index (χ4v) is 5.07. The van der Waals surface area contributed by atoms with Crippen LogP contribution in [0.25, 0.3) is 11.5 Å². The van der Waals surface area contributed by atoms with Gasteiger partial charge in [0.05, 0.1) is 4.90 Å². The van der Waals surface area contributed by atoms with Crippen molar-refractivity contribution in [3.63, 3.8) is 0 Å². The summed E-state index contributed by atoms with van der Waals surface area (Å²) in [6.45, 7) is 8.99. The minimum Gasteiger partial charge on any atom is -0.403 e. The quantitative estimate of drug-likeness (QED) is 0.401. The van der Waals surface area contributed by atoms with E-state index in [0.717, 1.165) is 42.4 Å². The molecule has 1 N–H and O–H groups in total. The lowest BCUT2D eigenvalue weighted by molar-refractivity contribution is 0.102. The highest BCUT2D eigenvalue weighted by Crippen LogP contribution is 2.25. The summed E-state index contributed by atoms with van der Waals surface area (Å²) in [6, 6.07) is 11.7. The molecule has 0 bridgehead atoms. The number of unbranched alkanes of at least 4 members (excludes halogenated alkanes) is 2. The van der Waals surface area contributed by atoms with Gasteiger partial charge >= 0.3 is 6.01 Å². The van der Waals surface area contributed by atoms with Gasteiger partial charge in [-0.2, -0.15) is 4.31 Å². The van der Waals surface area contributed by atoms with Crippen LogP contribution in [-0.4, -0.2) is 41.9 Å². The zero-order valence-corrected chi connectivity index (χ0v) is 21.0. The van der Waals surface area contributed by atoms with Gasteiger partial charge in [-0.1, -0.05) is 49.5 Å². The number of carbonyl (C=O) groups excluding carboxylic acids is 1. The molecule has 0 fully saturated rings. The van der Waals surface area contributed by atoms with Crippen LogP contribution in [-0.2, 0) is 10.0 Å². The molecule has 0 saturated carbocycles. The molecule has 0 atom stereocenters. The third kappa shape index (κ3) is 6.09. The van der Waals surface area contributed by atoms with E-state index in [2.05, 4.69) is 15.5 Å². The predicted octanol–water partition coefficient (Wildman–Crippen LogP) is 5.20. The molecule has 9 heteroatoms. The molecule has 0 aliphatic rings. The first-order valence-electron chi connectivity index (χ1n) is 11.6. The molecule has 2 aromatic carbocycles. The van der Waals surface area contributed by atoms with E-state index < -0.39 is 15.9 Å². The van der Waals surface area contributed by atoms with Crippen molar-refractivity contribution >= 4 is 21.9 Å². The Labute approximate surface area is 201 Å². The molecule has 1 aromatic heterocycles. The molecule has 8 nitrogen and oxygen atoms in total. The van der Waals surface area contributed by atoms with Crippen LogP contribution in [0.15, 0.2) is 51.8 Å². The lowest BCUT2D eigenvalue weighted by Crippen LogP contribution is -2.33. The molecule has 3 aromatic rings. The molecular weight excluding hydrogens is 452 g/mol. The van der Waals surface area contributed by atoms with Gasteiger partial charge in [0.15, 0.2) is 0 Å². The van der Waals surface area contributed by atoms with E-state index in [1.807, 2.05) is 45.9 Å². The van der Waals surface area contributed by atoms with E-state index >= 15 is 0 Å². The van der Waals surface area contributed by atoms with Crippen molar-refractivity contribution in [2.24, 2.45) is 0 Å². The van der Waals surface area contributed by atoms with Crippen LogP contribution in [0.2, 0.25) is 0 Å². The molecule has 0 saturated heterocycles. The number of aryl methyl sites for hydroxylation is 2. The smallest absolute Gasteiger partial charge is 0.322 e. The molecule has 0 radical (unpaired) electrons. The van der Waals surface area contributed by atoms with E-state index in [1.165, 1.54) is 28.6 Å². The summed E-state index contributed by atoms with van der Waals surface area (Å²) in [4.78, 5) is 12.8. The third-order valence-electron chi connectivity index (χ3n) is 5.53. The first-order valence-corrected chi connectivity index (χ1v) is 13.0. The van der Waals surface area contributed by atoms with Crippen LogP contribution >= 0.6 is 0 Å². The standard InChI is InChI=1S/C25H32N4O4S/c1-5-7-15-29(16-8-6-2)34(31,32)21-12-10-20(11-13-21)23(30)26-25-28-27-24(33-25)22-14-9-18(3)17-19(22)4/h9-14,17H,5-8,15-16H2,1-4H3,(H,26,28,30). The van der Waals surface area contributed by atoms with E-state index in [9.17, 15) is 13.2 Å². The van der Waals surface area contributed by atoms with E-state index in [4.69, 9.17) is 4.42 Å². The van der Waals surface area contributed by atoms with Gasteiger partial charge in [-0.25, -0.2) is 8.42 Å². The number of carbonyl (C=O) groups is 1. The minimum absolute atomic E-state index is 0.0259. The molecule has 34 heavy (non-hydrogen) atoms. The number of hydrogen-bond acceptors (Lipinski definition) is 6. The van der Waals surface area contributed by atoms with Gasteiger partial charge in [0.25, 0.3) is 5.91 Å². The van der Waals surface area contributed by atoms with E-state index in [1.54, 1.807) is 0 Å². The van der Waals surface area contributed by atoms with E-state index in [-0.39, 0.29) is 10.9 Å².